The number of benzene rings is 1. The number of hydrogen-bond acceptors (Lipinski definition) is 2. The van der Waals surface area contributed by atoms with E-state index in [9.17, 15) is 8.78 Å². The Labute approximate surface area is 127 Å². The molecule has 0 aliphatic rings. The lowest BCUT2D eigenvalue weighted by Gasteiger charge is -2.37. The van der Waals surface area contributed by atoms with Crippen molar-refractivity contribution in [3.05, 3.63) is 33.8 Å². The first-order valence-electron chi connectivity index (χ1n) is 6.93. The highest BCUT2D eigenvalue weighted by Gasteiger charge is 2.35. The molecule has 0 radical (unpaired) electrons. The van der Waals surface area contributed by atoms with Gasteiger partial charge >= 0.3 is 0 Å². The quantitative estimate of drug-likeness (QED) is 0.749. The normalized spacial score (nSPS) is 13.6. The van der Waals surface area contributed by atoms with Gasteiger partial charge in [0, 0.05) is 18.2 Å². The first kappa shape index (κ1) is 17.5. The van der Waals surface area contributed by atoms with E-state index >= 15 is 0 Å². The molecule has 1 aromatic rings. The van der Waals surface area contributed by atoms with Crippen molar-refractivity contribution in [1.29, 1.82) is 0 Å². The molecule has 0 spiro atoms. The third kappa shape index (κ3) is 3.57. The van der Waals surface area contributed by atoms with Crippen molar-refractivity contribution in [2.24, 2.45) is 5.73 Å². The molecule has 0 amide bonds. The van der Waals surface area contributed by atoms with Crippen LogP contribution in [0.25, 0.3) is 0 Å². The molecule has 0 saturated heterocycles. The molecule has 1 unspecified atom stereocenters. The van der Waals surface area contributed by atoms with Crippen LogP contribution in [0.15, 0.2) is 16.6 Å². The third-order valence-electron chi connectivity index (χ3n) is 3.87. The summed E-state index contributed by atoms with van der Waals surface area (Å²) in [6.07, 6.45) is 1.52. The fourth-order valence-corrected chi connectivity index (χ4v) is 2.91. The smallest absolute Gasteiger partial charge is 0.143 e. The summed E-state index contributed by atoms with van der Waals surface area (Å²) in [5, 5.41) is 0. The molecular formula is C15H22BrF2NO. The van der Waals surface area contributed by atoms with Crippen LogP contribution in [0.1, 0.15) is 39.2 Å². The van der Waals surface area contributed by atoms with Crippen LogP contribution in [0.4, 0.5) is 8.78 Å². The maximum absolute atomic E-state index is 14.0. The summed E-state index contributed by atoms with van der Waals surface area (Å²) in [5.74, 6) is -1.16. The van der Waals surface area contributed by atoms with E-state index < -0.39 is 23.3 Å². The maximum atomic E-state index is 14.0. The molecule has 0 heterocycles. The monoisotopic (exact) mass is 349 g/mol. The second-order valence-electron chi connectivity index (χ2n) is 4.84. The molecule has 2 nitrogen and oxygen atoms in total. The molecule has 0 saturated carbocycles. The first-order chi connectivity index (χ1) is 9.41. The average molecular weight is 350 g/mol. The van der Waals surface area contributed by atoms with Crippen molar-refractivity contribution in [2.45, 2.75) is 51.7 Å². The lowest BCUT2D eigenvalue weighted by molar-refractivity contribution is -0.0635. The van der Waals surface area contributed by atoms with Crippen LogP contribution in [0.3, 0.4) is 0 Å². The minimum absolute atomic E-state index is 0.0119. The van der Waals surface area contributed by atoms with Gasteiger partial charge in [-0.05, 0) is 54.2 Å². The van der Waals surface area contributed by atoms with E-state index in [1.807, 2.05) is 20.8 Å². The lowest BCUT2D eigenvalue weighted by atomic mass is 9.84. The van der Waals surface area contributed by atoms with Crippen LogP contribution < -0.4 is 5.73 Å². The molecule has 0 bridgehead atoms. The van der Waals surface area contributed by atoms with E-state index in [4.69, 9.17) is 10.5 Å². The predicted molar refractivity (Wildman–Crippen MR) is 80.7 cm³/mol. The standard InChI is InChI=1S/C15H22BrF2NO/c1-4-15(5-2,20-6-3)13(19)9-10-12(17)8-7-11(16)14(10)18/h7-8,13H,4-6,9,19H2,1-3H3. The van der Waals surface area contributed by atoms with Crippen LogP contribution in [-0.2, 0) is 11.2 Å². The molecule has 1 atom stereocenters. The van der Waals surface area contributed by atoms with Crippen molar-refractivity contribution in [1.82, 2.24) is 0 Å². The van der Waals surface area contributed by atoms with Crippen molar-refractivity contribution in [3.8, 4) is 0 Å². The van der Waals surface area contributed by atoms with Crippen LogP contribution >= 0.6 is 15.9 Å². The van der Waals surface area contributed by atoms with E-state index in [0.29, 0.717) is 19.4 Å². The Hall–Kier alpha value is -0.520. The second-order valence-corrected chi connectivity index (χ2v) is 5.69. The molecular weight excluding hydrogens is 328 g/mol. The molecule has 0 fully saturated rings. The van der Waals surface area contributed by atoms with Gasteiger partial charge in [0.2, 0.25) is 0 Å². The molecule has 0 aliphatic carbocycles. The Bertz CT molecular complexity index is 450. The topological polar surface area (TPSA) is 35.2 Å². The van der Waals surface area contributed by atoms with Crippen LogP contribution in [-0.4, -0.2) is 18.2 Å². The van der Waals surface area contributed by atoms with Gasteiger partial charge in [-0.2, -0.15) is 0 Å². The van der Waals surface area contributed by atoms with Gasteiger partial charge in [-0.3, -0.25) is 0 Å². The average Bonchev–Trinajstić information content (AvgIpc) is 2.45. The van der Waals surface area contributed by atoms with E-state index in [1.165, 1.54) is 12.1 Å². The molecule has 1 aromatic carbocycles. The van der Waals surface area contributed by atoms with E-state index in [1.54, 1.807) is 0 Å². The number of rotatable bonds is 7. The van der Waals surface area contributed by atoms with Gasteiger partial charge in [-0.25, -0.2) is 8.78 Å². The van der Waals surface area contributed by atoms with Crippen LogP contribution in [0, 0.1) is 11.6 Å². The van der Waals surface area contributed by atoms with Crippen molar-refractivity contribution in [3.63, 3.8) is 0 Å². The molecule has 20 heavy (non-hydrogen) atoms. The Morgan fingerprint density at radius 3 is 2.35 bits per heavy atom. The van der Waals surface area contributed by atoms with Crippen molar-refractivity contribution >= 4 is 15.9 Å². The summed E-state index contributed by atoms with van der Waals surface area (Å²) in [6.45, 7) is 6.38. The summed E-state index contributed by atoms with van der Waals surface area (Å²) in [5.41, 5.74) is 5.67. The van der Waals surface area contributed by atoms with Crippen molar-refractivity contribution in [2.75, 3.05) is 6.61 Å². The minimum Gasteiger partial charge on any atom is -0.374 e. The first-order valence-corrected chi connectivity index (χ1v) is 7.73. The molecule has 1 rings (SSSR count). The summed E-state index contributed by atoms with van der Waals surface area (Å²) in [7, 11) is 0. The Morgan fingerprint density at radius 2 is 1.85 bits per heavy atom. The predicted octanol–water partition coefficient (Wildman–Crippen LogP) is 4.19. The fraction of sp³-hybridized carbons (Fsp3) is 0.600. The van der Waals surface area contributed by atoms with Gasteiger partial charge in [0.25, 0.3) is 0 Å². The lowest BCUT2D eigenvalue weighted by Crippen LogP contribution is -2.50. The molecule has 0 aromatic heterocycles. The second kappa shape index (κ2) is 7.48. The number of hydrogen-bond donors (Lipinski definition) is 1. The Morgan fingerprint density at radius 1 is 1.25 bits per heavy atom. The van der Waals surface area contributed by atoms with Gasteiger partial charge in [-0.1, -0.05) is 13.8 Å². The Balaban J connectivity index is 3.05. The molecule has 114 valence electrons. The maximum Gasteiger partial charge on any atom is 0.143 e. The molecule has 0 aliphatic heterocycles. The highest BCUT2D eigenvalue weighted by molar-refractivity contribution is 9.10. The van der Waals surface area contributed by atoms with Gasteiger partial charge in [0.15, 0.2) is 0 Å². The zero-order valence-corrected chi connectivity index (χ0v) is 13.8. The molecule has 2 N–H and O–H groups in total. The largest absolute Gasteiger partial charge is 0.374 e. The zero-order valence-electron chi connectivity index (χ0n) is 12.2. The van der Waals surface area contributed by atoms with E-state index in [0.717, 1.165) is 0 Å². The summed E-state index contributed by atoms with van der Waals surface area (Å²) in [4.78, 5) is 0. The number of ether oxygens (including phenoxy) is 1. The van der Waals surface area contributed by atoms with Crippen LogP contribution in [0.5, 0.6) is 0 Å². The van der Waals surface area contributed by atoms with E-state index in [2.05, 4.69) is 15.9 Å². The SMILES string of the molecule is CCOC(CC)(CC)C(N)Cc1c(F)ccc(Br)c1F. The van der Waals surface area contributed by atoms with Gasteiger partial charge in [-0.15, -0.1) is 0 Å². The van der Waals surface area contributed by atoms with Crippen molar-refractivity contribution < 1.29 is 13.5 Å². The van der Waals surface area contributed by atoms with E-state index in [-0.39, 0.29) is 16.5 Å². The summed E-state index contributed by atoms with van der Waals surface area (Å²) < 4.78 is 33.9. The summed E-state index contributed by atoms with van der Waals surface area (Å²) in [6, 6.07) is 2.14. The van der Waals surface area contributed by atoms with Crippen LogP contribution in [0.2, 0.25) is 0 Å². The fourth-order valence-electron chi connectivity index (χ4n) is 2.54. The summed E-state index contributed by atoms with van der Waals surface area (Å²) >= 11 is 3.07. The Kier molecular flexibility index (Phi) is 6.55. The highest BCUT2D eigenvalue weighted by Crippen LogP contribution is 2.29. The van der Waals surface area contributed by atoms with Gasteiger partial charge in [0.05, 0.1) is 10.1 Å². The zero-order chi connectivity index (χ0) is 15.3. The highest BCUT2D eigenvalue weighted by atomic mass is 79.9. The minimum atomic E-state index is -0.585. The van der Waals surface area contributed by atoms with Gasteiger partial charge in [0.1, 0.15) is 11.6 Å². The number of nitrogens with two attached hydrogens (primary N) is 1. The van der Waals surface area contributed by atoms with Gasteiger partial charge < -0.3 is 10.5 Å². The third-order valence-corrected chi connectivity index (χ3v) is 4.48. The molecule has 5 heteroatoms. The number of halogens is 3.